The van der Waals surface area contributed by atoms with E-state index in [9.17, 15) is 0 Å². The molecule has 0 aromatic rings. The molecule has 3 aliphatic rings. The predicted octanol–water partition coefficient (Wildman–Crippen LogP) is 2.80. The fourth-order valence-electron chi connectivity index (χ4n) is 4.46. The Hall–Kier alpha value is -0.120. The summed E-state index contributed by atoms with van der Waals surface area (Å²) in [5, 5.41) is 3.70. The second-order valence-electron chi connectivity index (χ2n) is 7.37. The second kappa shape index (κ2) is 6.33. The fourth-order valence-corrected chi connectivity index (χ4v) is 4.46. The third-order valence-corrected chi connectivity index (χ3v) is 6.07. The van der Waals surface area contributed by atoms with Gasteiger partial charge in [0.25, 0.3) is 0 Å². The van der Waals surface area contributed by atoms with Gasteiger partial charge in [-0.25, -0.2) is 0 Å². The highest BCUT2D eigenvalue weighted by atomic mass is 16.5. The van der Waals surface area contributed by atoms with Gasteiger partial charge in [0.15, 0.2) is 0 Å². The molecule has 0 aromatic carbocycles. The van der Waals surface area contributed by atoms with Crippen molar-refractivity contribution in [2.75, 3.05) is 26.2 Å². The molecule has 20 heavy (non-hydrogen) atoms. The molecule has 0 aliphatic carbocycles. The quantitative estimate of drug-likeness (QED) is 0.860. The number of piperidine rings is 1. The van der Waals surface area contributed by atoms with E-state index in [1.165, 1.54) is 58.2 Å². The largest absolute Gasteiger partial charge is 0.375 e. The van der Waals surface area contributed by atoms with E-state index in [0.29, 0.717) is 0 Å². The first-order valence-electron chi connectivity index (χ1n) is 8.81. The monoisotopic (exact) mass is 280 g/mol. The maximum absolute atomic E-state index is 6.00. The molecule has 3 saturated heterocycles. The van der Waals surface area contributed by atoms with Crippen LogP contribution in [-0.2, 0) is 4.74 Å². The fraction of sp³-hybridized carbons (Fsp3) is 1.00. The molecule has 3 nitrogen and oxygen atoms in total. The summed E-state index contributed by atoms with van der Waals surface area (Å²) in [6.07, 6.45) is 9.22. The Morgan fingerprint density at radius 2 is 2.00 bits per heavy atom. The van der Waals surface area contributed by atoms with E-state index in [2.05, 4.69) is 24.1 Å². The van der Waals surface area contributed by atoms with Crippen molar-refractivity contribution in [3.8, 4) is 0 Å². The maximum Gasteiger partial charge on any atom is 0.0666 e. The summed E-state index contributed by atoms with van der Waals surface area (Å²) in [6, 6.07) is 1.60. The van der Waals surface area contributed by atoms with Gasteiger partial charge < -0.3 is 15.0 Å². The minimum absolute atomic E-state index is 0.132. The molecule has 0 amide bonds. The van der Waals surface area contributed by atoms with Gasteiger partial charge in [-0.1, -0.05) is 6.92 Å². The molecule has 3 heteroatoms. The Balaban J connectivity index is 1.50. The van der Waals surface area contributed by atoms with Crippen molar-refractivity contribution in [3.05, 3.63) is 0 Å². The summed E-state index contributed by atoms with van der Waals surface area (Å²) in [5.41, 5.74) is 0.132. The van der Waals surface area contributed by atoms with Gasteiger partial charge >= 0.3 is 0 Å². The second-order valence-corrected chi connectivity index (χ2v) is 7.37. The molecular weight excluding hydrogens is 248 g/mol. The van der Waals surface area contributed by atoms with Gasteiger partial charge in [-0.3, -0.25) is 0 Å². The summed E-state index contributed by atoms with van der Waals surface area (Å²) in [4.78, 5) is 2.77. The molecule has 3 rings (SSSR count). The van der Waals surface area contributed by atoms with Crippen molar-refractivity contribution in [1.82, 2.24) is 10.2 Å². The highest BCUT2D eigenvalue weighted by Gasteiger charge is 2.36. The van der Waals surface area contributed by atoms with Crippen LogP contribution < -0.4 is 5.32 Å². The molecule has 3 unspecified atom stereocenters. The summed E-state index contributed by atoms with van der Waals surface area (Å²) in [6.45, 7) is 9.40. The molecule has 0 aromatic heterocycles. The van der Waals surface area contributed by atoms with Gasteiger partial charge in [0.2, 0.25) is 0 Å². The molecule has 1 N–H and O–H groups in total. The minimum atomic E-state index is 0.132. The van der Waals surface area contributed by atoms with Crippen molar-refractivity contribution >= 4 is 0 Å². The Morgan fingerprint density at radius 1 is 1.20 bits per heavy atom. The van der Waals surface area contributed by atoms with Gasteiger partial charge in [-0.05, 0) is 77.4 Å². The van der Waals surface area contributed by atoms with Crippen molar-refractivity contribution < 1.29 is 4.74 Å². The van der Waals surface area contributed by atoms with E-state index in [4.69, 9.17) is 4.74 Å². The van der Waals surface area contributed by atoms with Gasteiger partial charge in [-0.15, -0.1) is 0 Å². The van der Waals surface area contributed by atoms with Crippen molar-refractivity contribution in [1.29, 1.82) is 0 Å². The molecule has 0 saturated carbocycles. The highest BCUT2D eigenvalue weighted by molar-refractivity contribution is 4.91. The van der Waals surface area contributed by atoms with E-state index < -0.39 is 0 Å². The third kappa shape index (κ3) is 3.20. The summed E-state index contributed by atoms with van der Waals surface area (Å²) in [7, 11) is 0. The SMILES string of the molecule is CCC1(C)CC(N2CCC(C3CCCN3)CC2)CCO1. The topological polar surface area (TPSA) is 24.5 Å². The Bertz CT molecular complexity index is 308. The molecule has 3 fully saturated rings. The number of hydrogen-bond donors (Lipinski definition) is 1. The van der Waals surface area contributed by atoms with Gasteiger partial charge in [0.05, 0.1) is 5.60 Å². The van der Waals surface area contributed by atoms with E-state index >= 15 is 0 Å². The first-order valence-corrected chi connectivity index (χ1v) is 8.81. The van der Waals surface area contributed by atoms with Crippen LogP contribution in [0.15, 0.2) is 0 Å². The van der Waals surface area contributed by atoms with Gasteiger partial charge in [0.1, 0.15) is 0 Å². The standard InChI is InChI=1S/C17H32N2O/c1-3-17(2)13-15(8-12-20-17)19-10-6-14(7-11-19)16-5-4-9-18-16/h14-16,18H,3-13H2,1-2H3. The number of rotatable bonds is 3. The van der Waals surface area contributed by atoms with E-state index in [1.807, 2.05) is 0 Å². The minimum Gasteiger partial charge on any atom is -0.375 e. The first-order chi connectivity index (χ1) is 9.70. The summed E-state index contributed by atoms with van der Waals surface area (Å²) < 4.78 is 6.00. The first kappa shape index (κ1) is 14.8. The van der Waals surface area contributed by atoms with Gasteiger partial charge in [-0.2, -0.15) is 0 Å². The Morgan fingerprint density at radius 3 is 2.65 bits per heavy atom. The molecule has 0 bridgehead atoms. The predicted molar refractivity (Wildman–Crippen MR) is 83.0 cm³/mol. The number of hydrogen-bond acceptors (Lipinski definition) is 3. The molecule has 116 valence electrons. The van der Waals surface area contributed by atoms with E-state index in [0.717, 1.165) is 31.0 Å². The van der Waals surface area contributed by atoms with Crippen molar-refractivity contribution in [2.45, 2.75) is 76.5 Å². The Kier molecular flexibility index (Phi) is 4.68. The molecule has 3 atom stereocenters. The zero-order valence-electron chi connectivity index (χ0n) is 13.4. The van der Waals surface area contributed by atoms with Crippen LogP contribution in [0.4, 0.5) is 0 Å². The lowest BCUT2D eigenvalue weighted by Crippen LogP contribution is -2.50. The van der Waals surface area contributed by atoms with Crippen LogP contribution in [0, 0.1) is 5.92 Å². The van der Waals surface area contributed by atoms with Crippen LogP contribution in [0.3, 0.4) is 0 Å². The Labute approximate surface area is 124 Å². The van der Waals surface area contributed by atoms with Crippen LogP contribution in [0.1, 0.15) is 58.8 Å². The van der Waals surface area contributed by atoms with Crippen LogP contribution in [0.5, 0.6) is 0 Å². The highest BCUT2D eigenvalue weighted by Crippen LogP contribution is 2.33. The summed E-state index contributed by atoms with van der Waals surface area (Å²) in [5.74, 6) is 0.936. The molecule has 3 heterocycles. The van der Waals surface area contributed by atoms with E-state index in [1.54, 1.807) is 0 Å². The molecule has 0 radical (unpaired) electrons. The molecule has 3 aliphatic heterocycles. The number of likely N-dealkylation sites (tertiary alicyclic amines) is 1. The number of ether oxygens (including phenoxy) is 1. The van der Waals surface area contributed by atoms with Crippen LogP contribution in [0.25, 0.3) is 0 Å². The zero-order valence-corrected chi connectivity index (χ0v) is 13.4. The number of nitrogens with one attached hydrogen (secondary N) is 1. The van der Waals surface area contributed by atoms with Gasteiger partial charge in [0, 0.05) is 18.7 Å². The maximum atomic E-state index is 6.00. The lowest BCUT2D eigenvalue weighted by Gasteiger charge is -2.45. The molecule has 0 spiro atoms. The van der Waals surface area contributed by atoms with Crippen LogP contribution >= 0.6 is 0 Å². The van der Waals surface area contributed by atoms with Crippen LogP contribution in [0.2, 0.25) is 0 Å². The number of nitrogens with zero attached hydrogens (tertiary/aromatic N) is 1. The smallest absolute Gasteiger partial charge is 0.0666 e. The third-order valence-electron chi connectivity index (χ3n) is 6.07. The zero-order chi connectivity index (χ0) is 14.0. The normalized spacial score (nSPS) is 41.1. The van der Waals surface area contributed by atoms with Crippen LogP contribution in [-0.4, -0.2) is 48.8 Å². The molecular formula is C17H32N2O. The lowest BCUT2D eigenvalue weighted by atomic mass is 9.85. The van der Waals surface area contributed by atoms with Crippen molar-refractivity contribution in [2.24, 2.45) is 5.92 Å². The van der Waals surface area contributed by atoms with Crippen molar-refractivity contribution in [3.63, 3.8) is 0 Å². The lowest BCUT2D eigenvalue weighted by molar-refractivity contribution is -0.0999. The summed E-state index contributed by atoms with van der Waals surface area (Å²) >= 11 is 0. The van der Waals surface area contributed by atoms with E-state index in [-0.39, 0.29) is 5.60 Å². The average Bonchev–Trinajstić information content (AvgIpc) is 3.02. The average molecular weight is 280 g/mol.